The molecule has 2 rings (SSSR count). The fraction of sp³-hybridized carbons (Fsp3) is 0.400. The summed E-state index contributed by atoms with van der Waals surface area (Å²) in [5.41, 5.74) is -2.37. The summed E-state index contributed by atoms with van der Waals surface area (Å²) in [5.74, 6) is -38.6. The van der Waals surface area contributed by atoms with E-state index in [9.17, 15) is 62.2 Å². The number of nitrogens with zero attached hydrogens (tertiary/aromatic N) is 1. The largest absolute Gasteiger partial charge is 0.506 e. The van der Waals surface area contributed by atoms with Crippen LogP contribution in [0, 0.1) is 0 Å². The molecule has 2 aromatic rings. The highest BCUT2D eigenvalue weighted by Crippen LogP contribution is 2.62. The summed E-state index contributed by atoms with van der Waals surface area (Å²) in [6.45, 7) is 0. The summed E-state index contributed by atoms with van der Waals surface area (Å²) in [7, 11) is 0. The number of fused-ring (bicyclic) bond motifs is 1. The van der Waals surface area contributed by atoms with Crippen LogP contribution < -0.4 is 0 Å². The molecule has 1 N–H and O–H groups in total. The molecule has 0 aliphatic heterocycles. The lowest BCUT2D eigenvalue weighted by molar-refractivity contribution is -0.441. The Kier molecular flexibility index (Phi) is 5.16. The van der Waals surface area contributed by atoms with Gasteiger partial charge in [0.25, 0.3) is 0 Å². The summed E-state index contributed by atoms with van der Waals surface area (Å²) < 4.78 is 172. The molecule has 0 atom stereocenters. The second-order valence-corrected chi connectivity index (χ2v) is 5.91. The standard InChI is InChI=1S/C15H6F13NO/c16-10(17,9-7-4-2-1-3-6(7)8(30)5-29-9)11(18,19)12(20,21)13(22,23)14(24,25)15(26,27)28/h1-5,30H. The van der Waals surface area contributed by atoms with Crippen LogP contribution in [0.5, 0.6) is 5.75 Å². The van der Waals surface area contributed by atoms with E-state index >= 15 is 0 Å². The molecular formula is C15H6F13NO. The predicted octanol–water partition coefficient (Wildman–Crippen LogP) is 6.14. The molecule has 0 aliphatic rings. The molecule has 0 aliphatic carbocycles. The first kappa shape index (κ1) is 23.8. The number of pyridine rings is 1. The fourth-order valence-electron chi connectivity index (χ4n) is 2.35. The van der Waals surface area contributed by atoms with Crippen LogP contribution in [0.1, 0.15) is 5.69 Å². The summed E-state index contributed by atoms with van der Waals surface area (Å²) in [6.07, 6.45) is -7.43. The van der Waals surface area contributed by atoms with Gasteiger partial charge in [0.15, 0.2) is 0 Å². The van der Waals surface area contributed by atoms with Gasteiger partial charge in [0, 0.05) is 10.8 Å². The second kappa shape index (κ2) is 6.51. The molecule has 0 amide bonds. The normalized spacial score (nSPS) is 15.0. The molecule has 1 aromatic carbocycles. The van der Waals surface area contributed by atoms with Crippen molar-refractivity contribution in [2.24, 2.45) is 0 Å². The Balaban J connectivity index is 2.74. The van der Waals surface area contributed by atoms with E-state index in [0.29, 0.717) is 6.07 Å². The first-order valence-electron chi connectivity index (χ1n) is 7.28. The van der Waals surface area contributed by atoms with Crippen LogP contribution in [0.2, 0.25) is 0 Å². The molecular weight excluding hydrogens is 457 g/mol. The van der Waals surface area contributed by atoms with E-state index in [1.807, 2.05) is 0 Å². The number of aromatic hydroxyl groups is 1. The van der Waals surface area contributed by atoms with Crippen LogP contribution in [0.15, 0.2) is 30.5 Å². The average Bonchev–Trinajstić information content (AvgIpc) is 2.60. The van der Waals surface area contributed by atoms with E-state index in [4.69, 9.17) is 0 Å². The number of hydrogen-bond acceptors (Lipinski definition) is 2. The van der Waals surface area contributed by atoms with Crippen molar-refractivity contribution in [3.05, 3.63) is 36.2 Å². The van der Waals surface area contributed by atoms with Crippen molar-refractivity contribution in [1.82, 2.24) is 4.98 Å². The van der Waals surface area contributed by atoms with Crippen LogP contribution in [-0.4, -0.2) is 40.0 Å². The van der Waals surface area contributed by atoms with Crippen molar-refractivity contribution in [2.75, 3.05) is 0 Å². The van der Waals surface area contributed by atoms with Crippen molar-refractivity contribution in [2.45, 2.75) is 35.8 Å². The molecule has 30 heavy (non-hydrogen) atoms. The van der Waals surface area contributed by atoms with Gasteiger partial charge >= 0.3 is 35.8 Å². The van der Waals surface area contributed by atoms with Gasteiger partial charge in [-0.3, -0.25) is 4.98 Å². The third-order valence-corrected chi connectivity index (χ3v) is 4.00. The molecule has 168 valence electrons. The summed E-state index contributed by atoms with van der Waals surface area (Å²) in [6, 6.07) is 3.22. The highest BCUT2D eigenvalue weighted by molar-refractivity contribution is 5.90. The second-order valence-electron chi connectivity index (χ2n) is 5.91. The number of aromatic nitrogens is 1. The van der Waals surface area contributed by atoms with E-state index in [1.165, 1.54) is 0 Å². The van der Waals surface area contributed by atoms with Gasteiger partial charge in [0.2, 0.25) is 0 Å². The smallest absolute Gasteiger partial charge is 0.460 e. The Labute approximate surface area is 156 Å². The van der Waals surface area contributed by atoms with Crippen molar-refractivity contribution in [1.29, 1.82) is 0 Å². The predicted molar refractivity (Wildman–Crippen MR) is 73.1 cm³/mol. The van der Waals surface area contributed by atoms with Gasteiger partial charge in [-0.05, 0) is 0 Å². The highest BCUT2D eigenvalue weighted by atomic mass is 19.4. The van der Waals surface area contributed by atoms with Crippen LogP contribution >= 0.6 is 0 Å². The van der Waals surface area contributed by atoms with Crippen molar-refractivity contribution >= 4 is 10.8 Å². The SMILES string of the molecule is Oc1cnc(C(F)(F)C(F)(F)C(F)(F)C(F)(F)C(F)(F)C(F)(F)F)c2ccccc12. The van der Waals surface area contributed by atoms with Gasteiger partial charge in [0.1, 0.15) is 11.4 Å². The van der Waals surface area contributed by atoms with Gasteiger partial charge in [0.05, 0.1) is 6.20 Å². The average molecular weight is 463 g/mol. The quantitative estimate of drug-likeness (QED) is 0.541. The van der Waals surface area contributed by atoms with Crippen LogP contribution in [0.4, 0.5) is 57.1 Å². The van der Waals surface area contributed by atoms with Crippen molar-refractivity contribution < 1.29 is 62.2 Å². The monoisotopic (exact) mass is 463 g/mol. The first-order chi connectivity index (χ1) is 13.2. The number of rotatable bonds is 5. The van der Waals surface area contributed by atoms with Gasteiger partial charge < -0.3 is 5.11 Å². The zero-order valence-corrected chi connectivity index (χ0v) is 13.7. The maximum atomic E-state index is 14.3. The molecule has 2 nitrogen and oxygen atoms in total. The fourth-order valence-corrected chi connectivity index (χ4v) is 2.35. The van der Waals surface area contributed by atoms with E-state index < -0.39 is 58.0 Å². The Hall–Kier alpha value is -2.48. The zero-order chi connectivity index (χ0) is 23.6. The molecule has 0 fully saturated rings. The highest BCUT2D eigenvalue weighted by Gasteiger charge is 2.91. The number of halogens is 13. The molecule has 1 heterocycles. The van der Waals surface area contributed by atoms with Crippen molar-refractivity contribution in [3.8, 4) is 5.75 Å². The minimum absolute atomic E-state index is 0.0439. The van der Waals surface area contributed by atoms with E-state index in [-0.39, 0.29) is 6.20 Å². The van der Waals surface area contributed by atoms with Crippen LogP contribution in [0.3, 0.4) is 0 Å². The van der Waals surface area contributed by atoms with Crippen LogP contribution in [-0.2, 0) is 5.92 Å². The van der Waals surface area contributed by atoms with Gasteiger partial charge in [-0.2, -0.15) is 57.1 Å². The number of hydrogen-bond donors (Lipinski definition) is 1. The van der Waals surface area contributed by atoms with Crippen LogP contribution in [0.25, 0.3) is 10.8 Å². The van der Waals surface area contributed by atoms with Gasteiger partial charge in [-0.15, -0.1) is 0 Å². The molecule has 15 heteroatoms. The van der Waals surface area contributed by atoms with Crippen molar-refractivity contribution in [3.63, 3.8) is 0 Å². The maximum Gasteiger partial charge on any atom is 0.460 e. The molecule has 0 radical (unpaired) electrons. The third-order valence-electron chi connectivity index (χ3n) is 4.00. The minimum atomic E-state index is -7.99. The maximum absolute atomic E-state index is 14.3. The Bertz CT molecular complexity index is 951. The van der Waals surface area contributed by atoms with E-state index in [0.717, 1.165) is 18.2 Å². The lowest BCUT2D eigenvalue weighted by Gasteiger charge is -2.39. The first-order valence-corrected chi connectivity index (χ1v) is 7.28. The van der Waals surface area contributed by atoms with E-state index in [1.54, 1.807) is 0 Å². The molecule has 0 bridgehead atoms. The molecule has 0 spiro atoms. The topological polar surface area (TPSA) is 33.1 Å². The Morgan fingerprint density at radius 2 is 1.03 bits per heavy atom. The Morgan fingerprint density at radius 1 is 0.600 bits per heavy atom. The molecule has 0 unspecified atom stereocenters. The van der Waals surface area contributed by atoms with E-state index in [2.05, 4.69) is 4.98 Å². The van der Waals surface area contributed by atoms with Gasteiger partial charge in [-0.25, -0.2) is 0 Å². The third kappa shape index (κ3) is 2.92. The zero-order valence-electron chi connectivity index (χ0n) is 13.7. The summed E-state index contributed by atoms with van der Waals surface area (Å²) in [5, 5.41) is 7.59. The number of benzene rings is 1. The molecule has 0 saturated carbocycles. The molecule has 1 aromatic heterocycles. The summed E-state index contributed by atoms with van der Waals surface area (Å²) >= 11 is 0. The number of alkyl halides is 13. The molecule has 0 saturated heterocycles. The minimum Gasteiger partial charge on any atom is -0.506 e. The Morgan fingerprint density at radius 3 is 1.50 bits per heavy atom. The lowest BCUT2D eigenvalue weighted by Crippen LogP contribution is -2.69. The summed E-state index contributed by atoms with van der Waals surface area (Å²) in [4.78, 5) is 2.58. The van der Waals surface area contributed by atoms with Gasteiger partial charge in [-0.1, -0.05) is 24.3 Å². The lowest BCUT2D eigenvalue weighted by atomic mass is 9.91.